The van der Waals surface area contributed by atoms with Crippen molar-refractivity contribution in [1.82, 2.24) is 0 Å². The van der Waals surface area contributed by atoms with Gasteiger partial charge in [-0.25, -0.2) is 9.18 Å². The van der Waals surface area contributed by atoms with Gasteiger partial charge in [-0.2, -0.15) is 0 Å². The van der Waals surface area contributed by atoms with E-state index in [0.717, 1.165) is 0 Å². The third-order valence-corrected chi connectivity index (χ3v) is 1.56. The van der Waals surface area contributed by atoms with Crippen molar-refractivity contribution in [3.8, 4) is 0 Å². The molecule has 0 heterocycles. The van der Waals surface area contributed by atoms with E-state index in [1.807, 2.05) is 0 Å². The van der Waals surface area contributed by atoms with Crippen molar-refractivity contribution in [3.05, 3.63) is 0 Å². The number of alkyl halides is 1. The molecule has 0 fully saturated rings. The zero-order valence-corrected chi connectivity index (χ0v) is 9.73. The van der Waals surface area contributed by atoms with Crippen molar-refractivity contribution in [2.45, 2.75) is 0 Å². The second-order valence-electron chi connectivity index (χ2n) is 2.97. The van der Waals surface area contributed by atoms with E-state index in [9.17, 15) is 9.18 Å². The molecule has 102 valence electrons. The molecule has 17 heavy (non-hydrogen) atoms. The number of aliphatic carboxylic acids is 1. The van der Waals surface area contributed by atoms with Crippen LogP contribution in [0.1, 0.15) is 0 Å². The fraction of sp³-hybridized carbons (Fsp3) is 0.900. The second kappa shape index (κ2) is 13.3. The number of carboxylic acid groups (broad SMARTS) is 1. The molecule has 0 aliphatic carbocycles. The first kappa shape index (κ1) is 16.2. The topological polar surface area (TPSA) is 74.2 Å². The van der Waals surface area contributed by atoms with Crippen LogP contribution in [0.2, 0.25) is 0 Å². The van der Waals surface area contributed by atoms with Crippen molar-refractivity contribution in [2.24, 2.45) is 0 Å². The summed E-state index contributed by atoms with van der Waals surface area (Å²) < 4.78 is 31.4. The molecule has 0 amide bonds. The van der Waals surface area contributed by atoms with Gasteiger partial charge in [0.15, 0.2) is 0 Å². The van der Waals surface area contributed by atoms with Gasteiger partial charge in [0, 0.05) is 0 Å². The van der Waals surface area contributed by atoms with Gasteiger partial charge in [-0.05, 0) is 0 Å². The van der Waals surface area contributed by atoms with E-state index in [1.165, 1.54) is 0 Å². The first-order chi connectivity index (χ1) is 8.27. The van der Waals surface area contributed by atoms with Crippen LogP contribution in [-0.4, -0.2) is 70.6 Å². The van der Waals surface area contributed by atoms with Crippen molar-refractivity contribution in [2.75, 3.05) is 59.5 Å². The fourth-order valence-corrected chi connectivity index (χ4v) is 0.874. The largest absolute Gasteiger partial charge is 0.480 e. The molecule has 0 radical (unpaired) electrons. The molecule has 0 bridgehead atoms. The molecule has 0 atom stereocenters. The normalized spacial score (nSPS) is 10.6. The van der Waals surface area contributed by atoms with Gasteiger partial charge in [0.2, 0.25) is 0 Å². The number of rotatable bonds is 13. The number of carbonyl (C=O) groups is 1. The smallest absolute Gasteiger partial charge is 0.329 e. The summed E-state index contributed by atoms with van der Waals surface area (Å²) in [4.78, 5) is 10.1. The summed E-state index contributed by atoms with van der Waals surface area (Å²) in [7, 11) is 0. The molecule has 6 nitrogen and oxygen atoms in total. The summed E-state index contributed by atoms with van der Waals surface area (Å²) in [6.07, 6.45) is 0. The van der Waals surface area contributed by atoms with E-state index in [0.29, 0.717) is 33.0 Å². The SMILES string of the molecule is O=C(O)COCCOCCOCCOCCF. The van der Waals surface area contributed by atoms with E-state index >= 15 is 0 Å². The summed E-state index contributed by atoms with van der Waals surface area (Å²) in [5, 5.41) is 8.25. The summed E-state index contributed by atoms with van der Waals surface area (Å²) in [6, 6.07) is 0. The molecule has 0 unspecified atom stereocenters. The van der Waals surface area contributed by atoms with Gasteiger partial charge in [0.05, 0.1) is 46.2 Å². The van der Waals surface area contributed by atoms with Gasteiger partial charge in [-0.1, -0.05) is 0 Å². The second-order valence-corrected chi connectivity index (χ2v) is 2.97. The molecule has 0 spiro atoms. The molecule has 0 saturated carbocycles. The van der Waals surface area contributed by atoms with Gasteiger partial charge in [-0.3, -0.25) is 0 Å². The van der Waals surface area contributed by atoms with Crippen LogP contribution in [0.15, 0.2) is 0 Å². The Bertz CT molecular complexity index is 178. The molecule has 0 aliphatic heterocycles. The lowest BCUT2D eigenvalue weighted by Gasteiger charge is -2.06. The average Bonchev–Trinajstić information content (AvgIpc) is 2.30. The molecule has 0 aliphatic rings. The predicted octanol–water partition coefficient (Wildman–Crippen LogP) is 0.107. The maximum atomic E-state index is 11.6. The third kappa shape index (κ3) is 15.2. The van der Waals surface area contributed by atoms with Gasteiger partial charge >= 0.3 is 5.97 Å². The zero-order valence-electron chi connectivity index (χ0n) is 9.73. The number of ether oxygens (including phenoxy) is 4. The Morgan fingerprint density at radius 1 is 0.824 bits per heavy atom. The molecule has 0 aromatic rings. The molecule has 0 aromatic carbocycles. The number of halogens is 1. The lowest BCUT2D eigenvalue weighted by molar-refractivity contribution is -0.142. The van der Waals surface area contributed by atoms with E-state index in [4.69, 9.17) is 24.1 Å². The first-order valence-electron chi connectivity index (χ1n) is 5.36. The van der Waals surface area contributed by atoms with Crippen molar-refractivity contribution in [1.29, 1.82) is 0 Å². The highest BCUT2D eigenvalue weighted by molar-refractivity contribution is 5.67. The molecule has 0 saturated heterocycles. The summed E-state index contributed by atoms with van der Waals surface area (Å²) in [5.74, 6) is -0.999. The van der Waals surface area contributed by atoms with Gasteiger partial charge in [0.25, 0.3) is 0 Å². The minimum atomic E-state index is -0.999. The highest BCUT2D eigenvalue weighted by Gasteiger charge is 1.96. The Morgan fingerprint density at radius 2 is 1.24 bits per heavy atom. The predicted molar refractivity (Wildman–Crippen MR) is 56.9 cm³/mol. The molecule has 1 N–H and O–H groups in total. The van der Waals surface area contributed by atoms with Crippen molar-refractivity contribution < 1.29 is 33.2 Å². The Hall–Kier alpha value is -0.760. The van der Waals surface area contributed by atoms with E-state index in [1.54, 1.807) is 0 Å². The van der Waals surface area contributed by atoms with E-state index in [2.05, 4.69) is 0 Å². The Kier molecular flexibility index (Phi) is 12.7. The molecule has 0 rings (SSSR count). The molecule has 7 heteroatoms. The number of hydrogen-bond donors (Lipinski definition) is 1. The fourth-order valence-electron chi connectivity index (χ4n) is 0.874. The zero-order chi connectivity index (χ0) is 12.8. The van der Waals surface area contributed by atoms with Gasteiger partial charge in [0.1, 0.15) is 13.3 Å². The van der Waals surface area contributed by atoms with E-state index in [-0.39, 0.29) is 19.8 Å². The summed E-state index contributed by atoms with van der Waals surface area (Å²) in [5.41, 5.74) is 0. The van der Waals surface area contributed by atoms with Crippen LogP contribution in [-0.2, 0) is 23.7 Å². The first-order valence-corrected chi connectivity index (χ1v) is 5.36. The highest BCUT2D eigenvalue weighted by atomic mass is 19.1. The van der Waals surface area contributed by atoms with Crippen LogP contribution >= 0.6 is 0 Å². The Balaban J connectivity index is 2.91. The van der Waals surface area contributed by atoms with Gasteiger partial charge < -0.3 is 24.1 Å². The lowest BCUT2D eigenvalue weighted by Crippen LogP contribution is -2.14. The van der Waals surface area contributed by atoms with E-state index < -0.39 is 12.6 Å². The summed E-state index contributed by atoms with van der Waals surface area (Å²) in [6.45, 7) is 1.45. The quantitative estimate of drug-likeness (QED) is 0.470. The van der Waals surface area contributed by atoms with Crippen molar-refractivity contribution >= 4 is 5.97 Å². The third-order valence-electron chi connectivity index (χ3n) is 1.56. The van der Waals surface area contributed by atoms with Crippen LogP contribution in [0.25, 0.3) is 0 Å². The number of carboxylic acids is 1. The van der Waals surface area contributed by atoms with Crippen LogP contribution in [0.4, 0.5) is 4.39 Å². The average molecular weight is 254 g/mol. The molecular formula is C10H19FO6. The molecule has 0 aromatic heterocycles. The monoisotopic (exact) mass is 254 g/mol. The lowest BCUT2D eigenvalue weighted by atomic mass is 10.7. The number of hydrogen-bond acceptors (Lipinski definition) is 5. The maximum Gasteiger partial charge on any atom is 0.329 e. The Morgan fingerprint density at radius 3 is 1.65 bits per heavy atom. The van der Waals surface area contributed by atoms with Crippen LogP contribution in [0.3, 0.4) is 0 Å². The van der Waals surface area contributed by atoms with Gasteiger partial charge in [-0.15, -0.1) is 0 Å². The van der Waals surface area contributed by atoms with Crippen molar-refractivity contribution in [3.63, 3.8) is 0 Å². The Labute approximate surface area is 99.6 Å². The van der Waals surface area contributed by atoms with Crippen LogP contribution in [0, 0.1) is 0 Å². The summed E-state index contributed by atoms with van der Waals surface area (Å²) >= 11 is 0. The van der Waals surface area contributed by atoms with Crippen LogP contribution in [0.5, 0.6) is 0 Å². The standard InChI is InChI=1S/C10H19FO6/c11-1-2-14-3-4-15-5-6-16-7-8-17-9-10(12)13/h1-9H2,(H,12,13). The minimum absolute atomic E-state index is 0.0980. The molecular weight excluding hydrogens is 235 g/mol. The van der Waals surface area contributed by atoms with Crippen LogP contribution < -0.4 is 0 Å². The highest BCUT2D eigenvalue weighted by Crippen LogP contribution is 1.83. The maximum absolute atomic E-state index is 11.6. The minimum Gasteiger partial charge on any atom is -0.480 e.